The molecule has 2 amide bonds. The lowest BCUT2D eigenvalue weighted by Gasteiger charge is -2.50. The number of hydrogen-bond acceptors (Lipinski definition) is 7. The van der Waals surface area contributed by atoms with Gasteiger partial charge in [-0.05, 0) is 38.4 Å². The Morgan fingerprint density at radius 2 is 1.86 bits per heavy atom. The van der Waals surface area contributed by atoms with Gasteiger partial charge in [-0.3, -0.25) is 19.7 Å². The van der Waals surface area contributed by atoms with E-state index in [0.29, 0.717) is 12.0 Å². The van der Waals surface area contributed by atoms with Gasteiger partial charge >= 0.3 is 0 Å². The summed E-state index contributed by atoms with van der Waals surface area (Å²) >= 11 is 0. The Kier molecular flexibility index (Phi) is 6.79. The van der Waals surface area contributed by atoms with Gasteiger partial charge in [-0.1, -0.05) is 11.8 Å². The van der Waals surface area contributed by atoms with Gasteiger partial charge in [-0.25, -0.2) is 13.9 Å². The van der Waals surface area contributed by atoms with Crippen molar-refractivity contribution in [2.24, 2.45) is 0 Å². The minimum atomic E-state index is -3.33. The zero-order valence-corrected chi connectivity index (χ0v) is 16.4. The fraction of sp³-hybridized carbons (Fsp3) is 0.444. The normalized spacial score (nSPS) is 17.6. The van der Waals surface area contributed by atoms with Gasteiger partial charge in [0, 0.05) is 17.5 Å². The quantitative estimate of drug-likeness (QED) is 0.262. The molecule has 1 aliphatic heterocycles. The minimum absolute atomic E-state index is 0.0366. The number of sulfone groups is 1. The lowest BCUT2D eigenvalue weighted by Crippen LogP contribution is -2.76. The number of carbonyl (C=O) groups excluding carboxylic acids is 2. The Hall–Kier alpha value is -2.45. The first-order valence-corrected chi connectivity index (χ1v) is 10.3. The highest BCUT2D eigenvalue weighted by molar-refractivity contribution is 7.93. The summed E-state index contributed by atoms with van der Waals surface area (Å²) in [4.78, 5) is 26.4. The molecule has 0 bridgehead atoms. The minimum Gasteiger partial charge on any atom is -0.395 e. The summed E-state index contributed by atoms with van der Waals surface area (Å²) in [5.74, 6) is 3.48. The van der Waals surface area contributed by atoms with E-state index in [-0.39, 0.29) is 23.7 Å². The van der Waals surface area contributed by atoms with Crippen LogP contribution in [-0.2, 0) is 14.6 Å². The summed E-state index contributed by atoms with van der Waals surface area (Å²) in [6.45, 7) is -0.0366. The number of likely N-dealkylation sites (N-methyl/N-ethyl adjacent to an activating group) is 1. The van der Waals surface area contributed by atoms with Gasteiger partial charge in [-0.15, -0.1) is 0 Å². The van der Waals surface area contributed by atoms with E-state index in [4.69, 9.17) is 10.3 Å². The highest BCUT2D eigenvalue weighted by Gasteiger charge is 2.58. The predicted molar refractivity (Wildman–Crippen MR) is 101 cm³/mol. The van der Waals surface area contributed by atoms with Crippen LogP contribution in [0.25, 0.3) is 0 Å². The zero-order valence-electron chi connectivity index (χ0n) is 15.6. The fourth-order valence-electron chi connectivity index (χ4n) is 3.05. The first-order chi connectivity index (χ1) is 13.1. The van der Waals surface area contributed by atoms with Crippen LogP contribution in [0.3, 0.4) is 0 Å². The van der Waals surface area contributed by atoms with Gasteiger partial charge in [0.15, 0.2) is 9.84 Å². The van der Waals surface area contributed by atoms with E-state index in [9.17, 15) is 18.0 Å². The standard InChI is InChI=1S/C18H23N3O6S/c1-21(2)18(11-28(26,27)12-18)15(17(24)20-25)19-16(23)14-8-6-13(7-9-14)5-3-4-10-22/h6-9,15,22,25H,4,10-12H2,1-2H3,(H,19,23)(H,20,24). The van der Waals surface area contributed by atoms with Crippen molar-refractivity contribution < 1.29 is 28.3 Å². The van der Waals surface area contributed by atoms with E-state index in [1.807, 2.05) is 0 Å². The number of amides is 2. The third kappa shape index (κ3) is 4.69. The maximum atomic E-state index is 12.6. The molecule has 1 heterocycles. The van der Waals surface area contributed by atoms with E-state index in [2.05, 4.69) is 17.2 Å². The van der Waals surface area contributed by atoms with Crippen LogP contribution in [0, 0.1) is 11.8 Å². The van der Waals surface area contributed by atoms with Gasteiger partial charge < -0.3 is 10.4 Å². The molecule has 28 heavy (non-hydrogen) atoms. The SMILES string of the molecule is CN(C)C1(C(NC(=O)c2ccc(C#CCCO)cc2)C(=O)NO)CS(=O)(=O)C1. The first kappa shape index (κ1) is 21.8. The van der Waals surface area contributed by atoms with Crippen LogP contribution in [0.1, 0.15) is 22.3 Å². The molecule has 0 aliphatic carbocycles. The van der Waals surface area contributed by atoms with Crippen molar-refractivity contribution in [2.75, 3.05) is 32.2 Å². The number of rotatable bonds is 6. The highest BCUT2D eigenvalue weighted by atomic mass is 32.2. The molecule has 152 valence electrons. The molecule has 1 unspecified atom stereocenters. The summed E-state index contributed by atoms with van der Waals surface area (Å²) < 4.78 is 23.5. The topological polar surface area (TPSA) is 136 Å². The molecule has 0 radical (unpaired) electrons. The van der Waals surface area contributed by atoms with E-state index in [1.54, 1.807) is 31.1 Å². The van der Waals surface area contributed by atoms with Crippen molar-refractivity contribution >= 4 is 21.7 Å². The fourth-order valence-corrected chi connectivity index (χ4v) is 5.34. The van der Waals surface area contributed by atoms with Crippen molar-refractivity contribution in [1.82, 2.24) is 15.7 Å². The molecule has 1 aromatic carbocycles. The number of benzene rings is 1. The lowest BCUT2D eigenvalue weighted by molar-refractivity contribution is -0.134. The van der Waals surface area contributed by atoms with Gasteiger partial charge in [0.1, 0.15) is 6.04 Å². The summed E-state index contributed by atoms with van der Waals surface area (Å²) in [7, 11) is -0.107. The third-order valence-corrected chi connectivity index (χ3v) is 6.51. The summed E-state index contributed by atoms with van der Waals surface area (Å²) in [5, 5.41) is 20.3. The average Bonchev–Trinajstić information content (AvgIpc) is 2.63. The maximum absolute atomic E-state index is 12.6. The zero-order chi connectivity index (χ0) is 20.9. The Balaban J connectivity index is 2.22. The van der Waals surface area contributed by atoms with Crippen LogP contribution in [0.5, 0.6) is 0 Å². The number of hydrogen-bond donors (Lipinski definition) is 4. The number of carbonyl (C=O) groups is 2. The average molecular weight is 409 g/mol. The number of nitrogens with zero attached hydrogens (tertiary/aromatic N) is 1. The van der Waals surface area contributed by atoms with Crippen LogP contribution >= 0.6 is 0 Å². The second kappa shape index (κ2) is 8.70. The number of hydroxylamine groups is 1. The molecule has 2 rings (SSSR count). The molecule has 4 N–H and O–H groups in total. The van der Waals surface area contributed by atoms with Crippen molar-refractivity contribution in [3.05, 3.63) is 35.4 Å². The molecule has 0 spiro atoms. The van der Waals surface area contributed by atoms with E-state index < -0.39 is 33.2 Å². The first-order valence-electron chi connectivity index (χ1n) is 8.47. The van der Waals surface area contributed by atoms with E-state index in [0.717, 1.165) is 0 Å². The molecule has 1 aliphatic rings. The Morgan fingerprint density at radius 1 is 1.25 bits per heavy atom. The Bertz CT molecular complexity index is 887. The maximum Gasteiger partial charge on any atom is 0.267 e. The Morgan fingerprint density at radius 3 is 2.32 bits per heavy atom. The van der Waals surface area contributed by atoms with Gasteiger partial charge in [0.05, 0.1) is 23.7 Å². The second-order valence-corrected chi connectivity index (χ2v) is 8.83. The molecular weight excluding hydrogens is 386 g/mol. The molecule has 9 nitrogen and oxygen atoms in total. The monoisotopic (exact) mass is 409 g/mol. The largest absolute Gasteiger partial charge is 0.395 e. The van der Waals surface area contributed by atoms with Crippen LogP contribution < -0.4 is 10.8 Å². The number of aliphatic hydroxyl groups excluding tert-OH is 1. The van der Waals surface area contributed by atoms with Gasteiger partial charge in [0.25, 0.3) is 11.8 Å². The smallest absolute Gasteiger partial charge is 0.267 e. The molecule has 1 aromatic rings. The van der Waals surface area contributed by atoms with Crippen molar-refractivity contribution in [2.45, 2.75) is 18.0 Å². The van der Waals surface area contributed by atoms with Crippen LogP contribution in [0.15, 0.2) is 24.3 Å². The molecule has 1 fully saturated rings. The number of aliphatic hydroxyl groups is 1. The summed E-state index contributed by atoms with van der Waals surface area (Å²) in [5.41, 5.74) is 1.25. The van der Waals surface area contributed by atoms with Crippen molar-refractivity contribution in [1.29, 1.82) is 0 Å². The molecule has 0 aromatic heterocycles. The van der Waals surface area contributed by atoms with Gasteiger partial charge in [-0.2, -0.15) is 0 Å². The van der Waals surface area contributed by atoms with Crippen LogP contribution in [-0.4, -0.2) is 79.2 Å². The summed E-state index contributed by atoms with van der Waals surface area (Å²) in [6, 6.07) is 5.01. The van der Waals surface area contributed by atoms with Crippen LogP contribution in [0.4, 0.5) is 0 Å². The van der Waals surface area contributed by atoms with Gasteiger partial charge in [0.2, 0.25) is 0 Å². The summed E-state index contributed by atoms with van der Waals surface area (Å²) in [6.07, 6.45) is 0.343. The molecule has 10 heteroatoms. The molecule has 1 atom stereocenters. The van der Waals surface area contributed by atoms with E-state index in [1.165, 1.54) is 17.6 Å². The van der Waals surface area contributed by atoms with E-state index >= 15 is 0 Å². The molecular formula is C18H23N3O6S. The highest BCUT2D eigenvalue weighted by Crippen LogP contribution is 2.32. The van der Waals surface area contributed by atoms with Crippen molar-refractivity contribution in [3.63, 3.8) is 0 Å². The third-order valence-electron chi connectivity index (χ3n) is 4.63. The second-order valence-electron chi connectivity index (χ2n) is 6.77. The predicted octanol–water partition coefficient (Wildman–Crippen LogP) is -1.25. The lowest BCUT2D eigenvalue weighted by atomic mass is 9.90. The Labute approximate surface area is 163 Å². The van der Waals surface area contributed by atoms with Crippen LogP contribution in [0.2, 0.25) is 0 Å². The van der Waals surface area contributed by atoms with Crippen molar-refractivity contribution in [3.8, 4) is 11.8 Å². The number of nitrogens with one attached hydrogen (secondary N) is 2. The molecule has 1 saturated heterocycles. The molecule has 0 saturated carbocycles.